The second-order valence-corrected chi connectivity index (χ2v) is 12.3. The van der Waals surface area contributed by atoms with Crippen LogP contribution in [0.1, 0.15) is 60.8 Å². The van der Waals surface area contributed by atoms with Gasteiger partial charge >= 0.3 is 5.97 Å². The first-order valence-corrected chi connectivity index (χ1v) is 13.8. The Hall–Kier alpha value is -3.50. The molecule has 204 valence electrons. The lowest BCUT2D eigenvalue weighted by atomic mass is 9.86. The van der Waals surface area contributed by atoms with Gasteiger partial charge in [-0.2, -0.15) is 0 Å². The highest BCUT2D eigenvalue weighted by Crippen LogP contribution is 2.37. The van der Waals surface area contributed by atoms with Crippen LogP contribution in [0.25, 0.3) is 11.3 Å². The zero-order valence-corrected chi connectivity index (χ0v) is 23.5. The van der Waals surface area contributed by atoms with Gasteiger partial charge in [0.05, 0.1) is 23.3 Å². The van der Waals surface area contributed by atoms with Gasteiger partial charge in [-0.25, -0.2) is 27.9 Å². The molecule has 0 bridgehead atoms. The molecule has 3 aromatic rings. The number of nitrogens with two attached hydrogens (primary N) is 1. The Kier molecular flexibility index (Phi) is 8.79. The van der Waals surface area contributed by atoms with Crippen LogP contribution in [0.5, 0.6) is 5.75 Å². The number of hydrogen-bond donors (Lipinski definition) is 3. The third-order valence-electron chi connectivity index (χ3n) is 6.10. The van der Waals surface area contributed by atoms with Crippen molar-refractivity contribution in [2.45, 2.75) is 64.8 Å². The molecule has 1 heterocycles. The molecule has 0 aliphatic carbocycles. The number of carboxylic acids is 1. The summed E-state index contributed by atoms with van der Waals surface area (Å²) >= 11 is 0. The summed E-state index contributed by atoms with van der Waals surface area (Å²) < 4.78 is 34.6. The summed E-state index contributed by atoms with van der Waals surface area (Å²) in [5.74, 6) is -0.904. The number of anilines is 1. The Morgan fingerprint density at radius 3 is 2.32 bits per heavy atom. The zero-order chi connectivity index (χ0) is 28.3. The fraction of sp³-hybridized carbons (Fsp3) is 0.393. The van der Waals surface area contributed by atoms with Crippen LogP contribution in [0.2, 0.25) is 0 Å². The normalized spacial score (nSPS) is 12.7. The van der Waals surface area contributed by atoms with Crippen molar-refractivity contribution in [1.29, 1.82) is 0 Å². The monoisotopic (exact) mass is 540 g/mol. The van der Waals surface area contributed by atoms with E-state index >= 15 is 0 Å². The van der Waals surface area contributed by atoms with E-state index in [0.29, 0.717) is 30.0 Å². The van der Waals surface area contributed by atoms with Crippen LogP contribution in [0.3, 0.4) is 0 Å². The van der Waals surface area contributed by atoms with Gasteiger partial charge in [0.2, 0.25) is 5.95 Å². The quantitative estimate of drug-likeness (QED) is 0.327. The van der Waals surface area contributed by atoms with E-state index < -0.39 is 16.0 Å². The standard InChI is InChI=1S/C28H36N4O5S/c1-17-9-7-10-18(2)23(17)24-25(37-6)22(14-13-20(29)16-28(3,4)5)30-27(31-24)32-38(35,36)21-12-8-11-19(15-21)26(33)34/h7-12,15,20H,13-14,16,29H2,1-6H3,(H,33,34)(H,30,31,32)/t20-/m0/s1. The smallest absolute Gasteiger partial charge is 0.335 e. The van der Waals surface area contributed by atoms with Crippen molar-refractivity contribution in [1.82, 2.24) is 9.97 Å². The molecule has 0 fully saturated rings. The molecule has 0 saturated heterocycles. The Labute approximate surface area is 224 Å². The SMILES string of the molecule is COc1c(CC[C@H](N)CC(C)(C)C)nc(NS(=O)(=O)c2cccc(C(=O)O)c2)nc1-c1c(C)cccc1C. The highest BCUT2D eigenvalue weighted by Gasteiger charge is 2.24. The van der Waals surface area contributed by atoms with Crippen LogP contribution in [0, 0.1) is 19.3 Å². The Morgan fingerprint density at radius 1 is 1.11 bits per heavy atom. The van der Waals surface area contributed by atoms with Crippen LogP contribution >= 0.6 is 0 Å². The van der Waals surface area contributed by atoms with Crippen LogP contribution in [-0.2, 0) is 16.4 Å². The molecule has 4 N–H and O–H groups in total. The number of hydrogen-bond acceptors (Lipinski definition) is 7. The number of aromatic nitrogens is 2. The summed E-state index contributed by atoms with van der Waals surface area (Å²) in [5, 5.41) is 9.28. The van der Waals surface area contributed by atoms with Gasteiger partial charge in [-0.1, -0.05) is 45.0 Å². The van der Waals surface area contributed by atoms with Gasteiger partial charge in [-0.15, -0.1) is 0 Å². The van der Waals surface area contributed by atoms with Gasteiger partial charge in [-0.3, -0.25) is 0 Å². The van der Waals surface area contributed by atoms with Crippen molar-refractivity contribution in [2.24, 2.45) is 11.1 Å². The third kappa shape index (κ3) is 7.08. The summed E-state index contributed by atoms with van der Waals surface area (Å²) in [6.07, 6.45) is 1.87. The number of carbonyl (C=O) groups is 1. The molecule has 0 aliphatic rings. The molecule has 0 spiro atoms. The number of rotatable bonds is 10. The van der Waals surface area contributed by atoms with Crippen LogP contribution < -0.4 is 15.2 Å². The van der Waals surface area contributed by atoms with Crippen molar-refractivity contribution in [2.75, 3.05) is 11.8 Å². The van der Waals surface area contributed by atoms with Crippen LogP contribution in [-0.4, -0.2) is 42.6 Å². The molecule has 0 aliphatic heterocycles. The fourth-order valence-corrected chi connectivity index (χ4v) is 5.46. The first-order valence-electron chi connectivity index (χ1n) is 12.3. The number of nitrogens with one attached hydrogen (secondary N) is 1. The van der Waals surface area contributed by atoms with Gasteiger partial charge in [0.25, 0.3) is 10.0 Å². The highest BCUT2D eigenvalue weighted by atomic mass is 32.2. The minimum atomic E-state index is -4.18. The van der Waals surface area contributed by atoms with E-state index in [1.165, 1.54) is 25.3 Å². The lowest BCUT2D eigenvalue weighted by molar-refractivity contribution is 0.0696. The number of benzene rings is 2. The van der Waals surface area contributed by atoms with Gasteiger partial charge in [0.15, 0.2) is 5.75 Å². The van der Waals surface area contributed by atoms with Gasteiger partial charge in [0, 0.05) is 11.6 Å². The number of aromatic carboxylic acids is 1. The number of sulfonamides is 1. The van der Waals surface area contributed by atoms with E-state index in [0.717, 1.165) is 29.2 Å². The Morgan fingerprint density at radius 2 is 1.74 bits per heavy atom. The lowest BCUT2D eigenvalue weighted by Gasteiger charge is -2.23. The van der Waals surface area contributed by atoms with E-state index in [2.05, 4.69) is 35.5 Å². The van der Waals surface area contributed by atoms with Crippen molar-refractivity contribution >= 4 is 21.9 Å². The molecule has 9 nitrogen and oxygen atoms in total. The average molecular weight is 541 g/mol. The molecule has 10 heteroatoms. The maximum atomic E-state index is 13.2. The number of carboxylic acid groups (broad SMARTS) is 1. The minimum absolute atomic E-state index is 0.0594. The summed E-state index contributed by atoms with van der Waals surface area (Å²) in [6.45, 7) is 10.3. The summed E-state index contributed by atoms with van der Waals surface area (Å²) in [6, 6.07) is 10.9. The molecule has 0 unspecified atom stereocenters. The molecule has 0 radical (unpaired) electrons. The number of nitrogens with zero attached hydrogens (tertiary/aromatic N) is 2. The Balaban J connectivity index is 2.11. The summed E-state index contributed by atoms with van der Waals surface area (Å²) in [5.41, 5.74) is 10.0. The molecular weight excluding hydrogens is 504 g/mol. The molecule has 2 aromatic carbocycles. The fourth-order valence-electron chi connectivity index (χ4n) is 4.47. The maximum Gasteiger partial charge on any atom is 0.335 e. The maximum absolute atomic E-state index is 13.2. The number of ether oxygens (including phenoxy) is 1. The van der Waals surface area contributed by atoms with Crippen molar-refractivity contribution in [3.8, 4) is 17.0 Å². The van der Waals surface area contributed by atoms with Gasteiger partial charge in [-0.05, 0) is 67.9 Å². The van der Waals surface area contributed by atoms with Gasteiger partial charge < -0.3 is 15.6 Å². The summed E-state index contributed by atoms with van der Waals surface area (Å²) in [7, 11) is -2.65. The van der Waals surface area contributed by atoms with Crippen LogP contribution in [0.4, 0.5) is 5.95 Å². The first kappa shape index (κ1) is 29.1. The van der Waals surface area contributed by atoms with E-state index in [1.54, 1.807) is 0 Å². The molecular formula is C28H36N4O5S. The average Bonchev–Trinajstić information content (AvgIpc) is 2.81. The van der Waals surface area contributed by atoms with E-state index in [9.17, 15) is 18.3 Å². The van der Waals surface area contributed by atoms with Crippen molar-refractivity contribution < 1.29 is 23.1 Å². The molecule has 38 heavy (non-hydrogen) atoms. The zero-order valence-electron chi connectivity index (χ0n) is 22.7. The minimum Gasteiger partial charge on any atom is -0.493 e. The second-order valence-electron chi connectivity index (χ2n) is 10.6. The predicted molar refractivity (Wildman–Crippen MR) is 148 cm³/mol. The topological polar surface area (TPSA) is 144 Å². The van der Waals surface area contributed by atoms with Crippen molar-refractivity contribution in [3.63, 3.8) is 0 Å². The highest BCUT2D eigenvalue weighted by molar-refractivity contribution is 7.92. The molecule has 1 atom stereocenters. The second kappa shape index (κ2) is 11.5. The van der Waals surface area contributed by atoms with Gasteiger partial charge in [0.1, 0.15) is 5.69 Å². The van der Waals surface area contributed by atoms with E-state index in [-0.39, 0.29) is 27.9 Å². The molecule has 1 aromatic heterocycles. The summed E-state index contributed by atoms with van der Waals surface area (Å²) in [4.78, 5) is 20.3. The lowest BCUT2D eigenvalue weighted by Crippen LogP contribution is -2.27. The molecule has 0 saturated carbocycles. The third-order valence-corrected chi connectivity index (χ3v) is 7.43. The van der Waals surface area contributed by atoms with Crippen molar-refractivity contribution in [3.05, 3.63) is 64.8 Å². The largest absolute Gasteiger partial charge is 0.493 e. The first-order chi connectivity index (χ1) is 17.7. The van der Waals surface area contributed by atoms with Crippen LogP contribution in [0.15, 0.2) is 47.4 Å². The Bertz CT molecular complexity index is 1410. The van der Waals surface area contributed by atoms with E-state index in [4.69, 9.17) is 10.5 Å². The number of methoxy groups -OCH3 is 1. The number of aryl methyl sites for hydroxylation is 3. The van der Waals surface area contributed by atoms with E-state index in [1.807, 2.05) is 32.0 Å². The molecule has 3 rings (SSSR count). The molecule has 0 amide bonds. The predicted octanol–water partition coefficient (Wildman–Crippen LogP) is 4.96.